The maximum atomic E-state index is 13.1. The van der Waals surface area contributed by atoms with Gasteiger partial charge < -0.3 is 10.1 Å². The molecule has 1 rings (SSSR count). The Bertz CT molecular complexity index is 368. The molecule has 0 aliphatic carbocycles. The SMILES string of the molecule is CCNC(COc1cc(F)ccc1C)C(C)CC. The highest BCUT2D eigenvalue weighted by Crippen LogP contribution is 2.19. The summed E-state index contributed by atoms with van der Waals surface area (Å²) >= 11 is 0. The summed E-state index contributed by atoms with van der Waals surface area (Å²) in [6.45, 7) is 9.88. The molecule has 0 fully saturated rings. The summed E-state index contributed by atoms with van der Waals surface area (Å²) in [4.78, 5) is 0. The molecule has 0 aliphatic heterocycles. The van der Waals surface area contributed by atoms with E-state index in [0.29, 0.717) is 24.3 Å². The largest absolute Gasteiger partial charge is 0.492 e. The summed E-state index contributed by atoms with van der Waals surface area (Å²) in [5.41, 5.74) is 0.968. The number of nitrogens with one attached hydrogen (secondary N) is 1. The molecule has 0 aromatic heterocycles. The standard InChI is InChI=1S/C15H24FNO/c1-5-11(3)14(17-6-2)10-18-15-9-13(16)8-7-12(15)4/h7-9,11,14,17H,5-6,10H2,1-4H3. The van der Waals surface area contributed by atoms with Crippen molar-refractivity contribution in [1.29, 1.82) is 0 Å². The minimum absolute atomic E-state index is 0.251. The first-order valence-electron chi connectivity index (χ1n) is 6.70. The number of rotatable bonds is 7. The fourth-order valence-corrected chi connectivity index (χ4v) is 1.88. The maximum Gasteiger partial charge on any atom is 0.126 e. The topological polar surface area (TPSA) is 21.3 Å². The Hall–Kier alpha value is -1.09. The van der Waals surface area contributed by atoms with Crippen LogP contribution in [0.2, 0.25) is 0 Å². The average Bonchev–Trinajstić information content (AvgIpc) is 2.37. The van der Waals surface area contributed by atoms with Crippen LogP contribution in [0.15, 0.2) is 18.2 Å². The third-order valence-electron chi connectivity index (χ3n) is 3.37. The molecule has 0 heterocycles. The monoisotopic (exact) mass is 253 g/mol. The zero-order chi connectivity index (χ0) is 13.5. The van der Waals surface area contributed by atoms with E-state index in [1.807, 2.05) is 6.92 Å². The van der Waals surface area contributed by atoms with Crippen molar-refractivity contribution in [2.75, 3.05) is 13.2 Å². The van der Waals surface area contributed by atoms with Crippen molar-refractivity contribution in [3.8, 4) is 5.75 Å². The Morgan fingerprint density at radius 2 is 2.06 bits per heavy atom. The second kappa shape index (κ2) is 7.37. The molecule has 3 heteroatoms. The summed E-state index contributed by atoms with van der Waals surface area (Å²) in [6.07, 6.45) is 1.10. The second-order valence-electron chi connectivity index (χ2n) is 4.77. The molecule has 2 atom stereocenters. The van der Waals surface area contributed by atoms with Gasteiger partial charge in [-0.2, -0.15) is 0 Å². The van der Waals surface area contributed by atoms with E-state index in [1.54, 1.807) is 6.07 Å². The summed E-state index contributed by atoms with van der Waals surface area (Å²) in [5.74, 6) is 0.930. The minimum Gasteiger partial charge on any atom is -0.492 e. The molecule has 0 bridgehead atoms. The highest BCUT2D eigenvalue weighted by atomic mass is 19.1. The fourth-order valence-electron chi connectivity index (χ4n) is 1.88. The van der Waals surface area contributed by atoms with Crippen LogP contribution in [0.1, 0.15) is 32.8 Å². The Balaban J connectivity index is 2.63. The molecule has 1 aromatic carbocycles. The first-order valence-corrected chi connectivity index (χ1v) is 6.70. The number of hydrogen-bond donors (Lipinski definition) is 1. The lowest BCUT2D eigenvalue weighted by Gasteiger charge is -2.24. The highest BCUT2D eigenvalue weighted by molar-refractivity contribution is 5.32. The van der Waals surface area contributed by atoms with E-state index in [0.717, 1.165) is 18.5 Å². The molecule has 2 nitrogen and oxygen atoms in total. The van der Waals surface area contributed by atoms with Gasteiger partial charge in [0.1, 0.15) is 18.2 Å². The van der Waals surface area contributed by atoms with Crippen LogP contribution in [0.25, 0.3) is 0 Å². The van der Waals surface area contributed by atoms with E-state index in [1.165, 1.54) is 12.1 Å². The molecule has 0 aliphatic rings. The number of ether oxygens (including phenoxy) is 1. The van der Waals surface area contributed by atoms with E-state index >= 15 is 0 Å². The van der Waals surface area contributed by atoms with Crippen LogP contribution < -0.4 is 10.1 Å². The number of aryl methyl sites for hydroxylation is 1. The van der Waals surface area contributed by atoms with E-state index in [-0.39, 0.29) is 5.82 Å². The predicted octanol–water partition coefficient (Wildman–Crippen LogP) is 3.54. The predicted molar refractivity (Wildman–Crippen MR) is 73.6 cm³/mol. The zero-order valence-electron chi connectivity index (χ0n) is 11.8. The Morgan fingerprint density at radius 3 is 2.67 bits per heavy atom. The first kappa shape index (κ1) is 15.0. The van der Waals surface area contributed by atoms with Gasteiger partial charge in [-0.05, 0) is 31.0 Å². The summed E-state index contributed by atoms with van der Waals surface area (Å²) in [7, 11) is 0. The van der Waals surface area contributed by atoms with Crippen molar-refractivity contribution >= 4 is 0 Å². The smallest absolute Gasteiger partial charge is 0.126 e. The third kappa shape index (κ3) is 4.30. The van der Waals surface area contributed by atoms with Crippen LogP contribution >= 0.6 is 0 Å². The normalized spacial score (nSPS) is 14.3. The molecular formula is C15H24FNO. The Kier molecular flexibility index (Phi) is 6.13. The molecule has 0 saturated carbocycles. The first-order chi connectivity index (χ1) is 8.58. The molecule has 1 N–H and O–H groups in total. The van der Waals surface area contributed by atoms with Gasteiger partial charge in [-0.1, -0.05) is 33.3 Å². The van der Waals surface area contributed by atoms with Crippen LogP contribution in [0, 0.1) is 18.7 Å². The van der Waals surface area contributed by atoms with E-state index in [9.17, 15) is 4.39 Å². The fraction of sp³-hybridized carbons (Fsp3) is 0.600. The molecule has 0 radical (unpaired) electrons. The summed E-state index contributed by atoms with van der Waals surface area (Å²) in [5, 5.41) is 3.42. The van der Waals surface area contributed by atoms with Crippen molar-refractivity contribution in [2.24, 2.45) is 5.92 Å². The lowest BCUT2D eigenvalue weighted by molar-refractivity contribution is 0.221. The molecule has 18 heavy (non-hydrogen) atoms. The summed E-state index contributed by atoms with van der Waals surface area (Å²) in [6, 6.07) is 4.96. The second-order valence-corrected chi connectivity index (χ2v) is 4.77. The van der Waals surface area contributed by atoms with E-state index in [2.05, 4.69) is 26.1 Å². The molecule has 2 unspecified atom stereocenters. The maximum absolute atomic E-state index is 13.1. The zero-order valence-corrected chi connectivity index (χ0v) is 11.8. The number of hydrogen-bond acceptors (Lipinski definition) is 2. The van der Waals surface area contributed by atoms with Crippen molar-refractivity contribution < 1.29 is 9.13 Å². The Morgan fingerprint density at radius 1 is 1.33 bits per heavy atom. The van der Waals surface area contributed by atoms with Crippen LogP contribution in [0.4, 0.5) is 4.39 Å². The molecular weight excluding hydrogens is 229 g/mol. The van der Waals surface area contributed by atoms with Crippen LogP contribution in [-0.4, -0.2) is 19.2 Å². The van der Waals surface area contributed by atoms with Gasteiger partial charge >= 0.3 is 0 Å². The lowest BCUT2D eigenvalue weighted by atomic mass is 10.00. The number of likely N-dealkylation sites (N-methyl/N-ethyl adjacent to an activating group) is 1. The van der Waals surface area contributed by atoms with Crippen LogP contribution in [-0.2, 0) is 0 Å². The number of benzene rings is 1. The van der Waals surface area contributed by atoms with Crippen molar-refractivity contribution in [3.63, 3.8) is 0 Å². The van der Waals surface area contributed by atoms with Gasteiger partial charge in [0.05, 0.1) is 0 Å². The average molecular weight is 253 g/mol. The molecule has 102 valence electrons. The van der Waals surface area contributed by atoms with Crippen LogP contribution in [0.5, 0.6) is 5.75 Å². The van der Waals surface area contributed by atoms with Gasteiger partial charge in [-0.3, -0.25) is 0 Å². The van der Waals surface area contributed by atoms with Gasteiger partial charge in [-0.25, -0.2) is 4.39 Å². The number of halogens is 1. The lowest BCUT2D eigenvalue weighted by Crippen LogP contribution is -2.39. The third-order valence-corrected chi connectivity index (χ3v) is 3.37. The van der Waals surface area contributed by atoms with Gasteiger partial charge in [0.25, 0.3) is 0 Å². The van der Waals surface area contributed by atoms with Crippen molar-refractivity contribution in [1.82, 2.24) is 5.32 Å². The molecule has 0 amide bonds. The molecule has 1 aromatic rings. The highest BCUT2D eigenvalue weighted by Gasteiger charge is 2.15. The van der Waals surface area contributed by atoms with Gasteiger partial charge in [-0.15, -0.1) is 0 Å². The van der Waals surface area contributed by atoms with Crippen molar-refractivity contribution in [2.45, 2.75) is 40.2 Å². The van der Waals surface area contributed by atoms with Crippen molar-refractivity contribution in [3.05, 3.63) is 29.6 Å². The Labute approximate surface area is 110 Å². The summed E-state index contributed by atoms with van der Waals surface area (Å²) < 4.78 is 18.9. The quantitative estimate of drug-likeness (QED) is 0.802. The van der Waals surface area contributed by atoms with Gasteiger partial charge in [0.15, 0.2) is 0 Å². The van der Waals surface area contributed by atoms with E-state index < -0.39 is 0 Å². The minimum atomic E-state index is -0.251. The van der Waals surface area contributed by atoms with Gasteiger partial charge in [0, 0.05) is 12.1 Å². The van der Waals surface area contributed by atoms with Gasteiger partial charge in [0.2, 0.25) is 0 Å². The van der Waals surface area contributed by atoms with E-state index in [4.69, 9.17) is 4.74 Å². The molecule has 0 saturated heterocycles. The molecule has 0 spiro atoms. The van der Waals surface area contributed by atoms with Crippen LogP contribution in [0.3, 0.4) is 0 Å².